The fraction of sp³-hybridized carbons (Fsp3) is 0.412. The summed E-state index contributed by atoms with van der Waals surface area (Å²) in [5, 5.41) is 4.37. The molecule has 130 valence electrons. The Bertz CT molecular complexity index is 888. The van der Waals surface area contributed by atoms with Gasteiger partial charge in [0.25, 0.3) is 0 Å². The highest BCUT2D eigenvalue weighted by molar-refractivity contribution is 5.80. The number of aromatic nitrogens is 5. The first kappa shape index (κ1) is 15.9. The Balaban J connectivity index is 1.66. The van der Waals surface area contributed by atoms with Crippen molar-refractivity contribution >= 4 is 17.0 Å². The summed E-state index contributed by atoms with van der Waals surface area (Å²) in [5.74, 6) is 0.287. The van der Waals surface area contributed by atoms with Gasteiger partial charge < -0.3 is 15.2 Å². The third-order valence-corrected chi connectivity index (χ3v) is 4.07. The number of nitrogens with zero attached hydrogens (tertiary/aromatic N) is 5. The Labute approximate surface area is 145 Å². The number of ether oxygens (including phenoxy) is 2. The van der Waals surface area contributed by atoms with Crippen LogP contribution in [0.1, 0.15) is 19.0 Å². The van der Waals surface area contributed by atoms with Crippen LogP contribution in [0.5, 0.6) is 0 Å². The standard InChI is InChI=1S/C17H20N6O2/c1-2-3-13-16-14(22-17(18)21-13)5-4-12(20-16)11-8-19-23(9-11)10-15-24-6-7-25-15/h4-5,8-9,15H,2-3,6-7,10H2,1H3,(H2,18,21,22). The van der Waals surface area contributed by atoms with Gasteiger partial charge in [-0.15, -0.1) is 0 Å². The molecule has 0 aromatic carbocycles. The van der Waals surface area contributed by atoms with Crippen molar-refractivity contribution in [3.05, 3.63) is 30.2 Å². The maximum Gasteiger partial charge on any atom is 0.220 e. The molecule has 8 heteroatoms. The highest BCUT2D eigenvalue weighted by Gasteiger charge is 2.17. The molecule has 0 bridgehead atoms. The molecule has 4 heterocycles. The van der Waals surface area contributed by atoms with Gasteiger partial charge in [-0.05, 0) is 18.6 Å². The summed E-state index contributed by atoms with van der Waals surface area (Å²) in [7, 11) is 0. The Morgan fingerprint density at radius 1 is 1.20 bits per heavy atom. The molecule has 1 aliphatic heterocycles. The van der Waals surface area contributed by atoms with Crippen molar-refractivity contribution in [1.82, 2.24) is 24.7 Å². The van der Waals surface area contributed by atoms with Crippen LogP contribution in [0.15, 0.2) is 24.5 Å². The molecule has 4 rings (SSSR count). The molecular weight excluding hydrogens is 320 g/mol. The van der Waals surface area contributed by atoms with Crippen molar-refractivity contribution in [1.29, 1.82) is 0 Å². The van der Waals surface area contributed by atoms with Crippen LogP contribution in [0.4, 0.5) is 5.95 Å². The van der Waals surface area contributed by atoms with Crippen molar-refractivity contribution in [2.45, 2.75) is 32.6 Å². The van der Waals surface area contributed by atoms with E-state index in [1.807, 2.05) is 23.0 Å². The largest absolute Gasteiger partial charge is 0.368 e. The molecule has 0 saturated carbocycles. The van der Waals surface area contributed by atoms with Gasteiger partial charge in [0.2, 0.25) is 5.95 Å². The van der Waals surface area contributed by atoms with E-state index in [2.05, 4.69) is 22.0 Å². The Morgan fingerprint density at radius 2 is 2.04 bits per heavy atom. The molecule has 2 N–H and O–H groups in total. The normalized spacial score (nSPS) is 15.2. The predicted octanol–water partition coefficient (Wildman–Crippen LogP) is 1.80. The van der Waals surface area contributed by atoms with Crippen molar-refractivity contribution in [2.24, 2.45) is 0 Å². The second-order valence-electron chi connectivity index (χ2n) is 5.96. The summed E-state index contributed by atoms with van der Waals surface area (Å²) in [6.45, 7) is 3.93. The lowest BCUT2D eigenvalue weighted by Crippen LogP contribution is -2.16. The minimum Gasteiger partial charge on any atom is -0.368 e. The van der Waals surface area contributed by atoms with Gasteiger partial charge in [0, 0.05) is 11.8 Å². The molecule has 0 atom stereocenters. The van der Waals surface area contributed by atoms with E-state index in [-0.39, 0.29) is 12.2 Å². The number of hydrogen-bond donors (Lipinski definition) is 1. The fourth-order valence-corrected chi connectivity index (χ4v) is 2.93. The molecule has 0 unspecified atom stereocenters. The highest BCUT2D eigenvalue weighted by atomic mass is 16.7. The lowest BCUT2D eigenvalue weighted by molar-refractivity contribution is -0.0545. The van der Waals surface area contributed by atoms with Crippen LogP contribution >= 0.6 is 0 Å². The van der Waals surface area contributed by atoms with Crippen molar-refractivity contribution in [2.75, 3.05) is 18.9 Å². The van der Waals surface area contributed by atoms with E-state index in [4.69, 9.17) is 20.2 Å². The van der Waals surface area contributed by atoms with Gasteiger partial charge in [-0.25, -0.2) is 15.0 Å². The molecule has 8 nitrogen and oxygen atoms in total. The van der Waals surface area contributed by atoms with Crippen LogP contribution in [0.3, 0.4) is 0 Å². The van der Waals surface area contributed by atoms with Crippen molar-refractivity contribution in [3.63, 3.8) is 0 Å². The van der Waals surface area contributed by atoms with E-state index in [0.29, 0.717) is 19.8 Å². The number of nitrogens with two attached hydrogens (primary N) is 1. The number of aryl methyl sites for hydroxylation is 1. The third-order valence-electron chi connectivity index (χ3n) is 4.07. The Hall–Kier alpha value is -2.58. The van der Waals surface area contributed by atoms with Crippen LogP contribution in [0, 0.1) is 0 Å². The molecule has 3 aromatic heterocycles. The van der Waals surface area contributed by atoms with Gasteiger partial charge in [-0.1, -0.05) is 13.3 Å². The molecule has 0 spiro atoms. The van der Waals surface area contributed by atoms with Gasteiger partial charge in [0.05, 0.1) is 42.9 Å². The second kappa shape index (κ2) is 6.73. The monoisotopic (exact) mass is 340 g/mol. The van der Waals surface area contributed by atoms with Gasteiger partial charge in [0.1, 0.15) is 5.52 Å². The summed E-state index contributed by atoms with van der Waals surface area (Å²) in [6.07, 6.45) is 5.29. The Kier molecular flexibility index (Phi) is 4.29. The zero-order valence-electron chi connectivity index (χ0n) is 14.1. The lowest BCUT2D eigenvalue weighted by atomic mass is 10.1. The summed E-state index contributed by atoms with van der Waals surface area (Å²) in [4.78, 5) is 13.4. The van der Waals surface area contributed by atoms with Crippen LogP contribution in [-0.4, -0.2) is 44.2 Å². The van der Waals surface area contributed by atoms with E-state index in [1.165, 1.54) is 0 Å². The van der Waals surface area contributed by atoms with Crippen LogP contribution < -0.4 is 5.73 Å². The summed E-state index contributed by atoms with van der Waals surface area (Å²) in [6, 6.07) is 3.85. The number of nitrogen functional groups attached to an aromatic ring is 1. The molecule has 25 heavy (non-hydrogen) atoms. The smallest absolute Gasteiger partial charge is 0.220 e. The average molecular weight is 340 g/mol. The number of fused-ring (bicyclic) bond motifs is 1. The van der Waals surface area contributed by atoms with Gasteiger partial charge >= 0.3 is 0 Å². The van der Waals surface area contributed by atoms with Crippen LogP contribution in [0.2, 0.25) is 0 Å². The van der Waals surface area contributed by atoms with Crippen molar-refractivity contribution in [3.8, 4) is 11.3 Å². The number of hydrogen-bond acceptors (Lipinski definition) is 7. The highest BCUT2D eigenvalue weighted by Crippen LogP contribution is 2.23. The summed E-state index contributed by atoms with van der Waals surface area (Å²) in [5.41, 5.74) is 10.00. The minimum absolute atomic E-state index is 0.232. The van der Waals surface area contributed by atoms with E-state index in [0.717, 1.165) is 40.8 Å². The Morgan fingerprint density at radius 3 is 2.84 bits per heavy atom. The zero-order chi connectivity index (χ0) is 17.2. The molecule has 1 fully saturated rings. The van der Waals surface area contributed by atoms with Crippen LogP contribution in [-0.2, 0) is 22.4 Å². The maximum absolute atomic E-state index is 5.80. The van der Waals surface area contributed by atoms with Crippen LogP contribution in [0.25, 0.3) is 22.3 Å². The summed E-state index contributed by atoms with van der Waals surface area (Å²) >= 11 is 0. The molecule has 1 aliphatic rings. The topological polar surface area (TPSA) is 101 Å². The first-order chi connectivity index (χ1) is 12.2. The van der Waals surface area contributed by atoms with E-state index in [9.17, 15) is 0 Å². The average Bonchev–Trinajstić information content (AvgIpc) is 3.27. The maximum atomic E-state index is 5.80. The van der Waals surface area contributed by atoms with E-state index < -0.39 is 0 Å². The molecule has 1 saturated heterocycles. The van der Waals surface area contributed by atoms with Gasteiger partial charge in [0.15, 0.2) is 6.29 Å². The van der Waals surface area contributed by atoms with E-state index in [1.54, 1.807) is 6.20 Å². The molecule has 0 radical (unpaired) electrons. The molecule has 0 aliphatic carbocycles. The first-order valence-electron chi connectivity index (χ1n) is 8.42. The first-order valence-corrected chi connectivity index (χ1v) is 8.42. The number of pyridine rings is 1. The number of rotatable bonds is 5. The van der Waals surface area contributed by atoms with Gasteiger partial charge in [-0.2, -0.15) is 5.10 Å². The third kappa shape index (κ3) is 3.31. The summed E-state index contributed by atoms with van der Waals surface area (Å²) < 4.78 is 12.7. The number of anilines is 1. The van der Waals surface area contributed by atoms with Gasteiger partial charge in [-0.3, -0.25) is 4.68 Å². The molecular formula is C17H20N6O2. The predicted molar refractivity (Wildman–Crippen MR) is 92.7 cm³/mol. The van der Waals surface area contributed by atoms with E-state index >= 15 is 0 Å². The minimum atomic E-state index is -0.232. The molecule has 3 aromatic rings. The molecule has 0 amide bonds. The second-order valence-corrected chi connectivity index (χ2v) is 5.96. The quantitative estimate of drug-likeness (QED) is 0.755. The lowest BCUT2D eigenvalue weighted by Gasteiger charge is -2.08. The van der Waals surface area contributed by atoms with Crippen molar-refractivity contribution < 1.29 is 9.47 Å². The fourth-order valence-electron chi connectivity index (χ4n) is 2.93. The zero-order valence-corrected chi connectivity index (χ0v) is 14.1. The SMILES string of the molecule is CCCc1nc(N)nc2ccc(-c3cnn(CC4OCCO4)c3)nc12.